The quantitative estimate of drug-likeness (QED) is 0.772. The largest absolute Gasteiger partial charge is 0.352 e. The summed E-state index contributed by atoms with van der Waals surface area (Å²) in [4.78, 5) is 16.6. The van der Waals surface area contributed by atoms with Crippen LogP contribution in [0.2, 0.25) is 5.02 Å². The van der Waals surface area contributed by atoms with Gasteiger partial charge in [-0.25, -0.2) is 13.4 Å². The number of amides is 1. The van der Waals surface area contributed by atoms with Crippen LogP contribution in [0.5, 0.6) is 0 Å². The number of hydrogen-bond donors (Lipinski definition) is 1. The molecule has 1 amide bonds. The number of sulfonamides is 1. The molecule has 0 aliphatic carbocycles. The van der Waals surface area contributed by atoms with Gasteiger partial charge >= 0.3 is 0 Å². The fraction of sp³-hybridized carbons (Fsp3) is 0.474. The minimum Gasteiger partial charge on any atom is -0.352 e. The third-order valence-corrected chi connectivity index (χ3v) is 7.06. The second kappa shape index (κ2) is 8.63. The average Bonchev–Trinajstić information content (AvgIpc) is 3.19. The average molecular weight is 425 g/mol. The van der Waals surface area contributed by atoms with Crippen molar-refractivity contribution in [1.29, 1.82) is 0 Å². The summed E-state index contributed by atoms with van der Waals surface area (Å²) < 4.78 is 29.0. The van der Waals surface area contributed by atoms with E-state index in [4.69, 9.17) is 11.6 Å². The van der Waals surface area contributed by atoms with Crippen LogP contribution >= 0.6 is 11.6 Å². The first kappa shape index (κ1) is 20.8. The number of hydrogen-bond acceptors (Lipinski definition) is 4. The number of halogens is 1. The van der Waals surface area contributed by atoms with Crippen molar-refractivity contribution in [2.45, 2.75) is 44.3 Å². The van der Waals surface area contributed by atoms with E-state index in [1.807, 2.05) is 32.0 Å². The van der Waals surface area contributed by atoms with Crippen LogP contribution in [0.4, 0.5) is 0 Å². The Kier molecular flexibility index (Phi) is 6.42. The van der Waals surface area contributed by atoms with Gasteiger partial charge in [0.1, 0.15) is 0 Å². The molecule has 7 nitrogen and oxygen atoms in total. The van der Waals surface area contributed by atoms with Gasteiger partial charge in [-0.2, -0.15) is 4.31 Å². The zero-order valence-electron chi connectivity index (χ0n) is 16.0. The van der Waals surface area contributed by atoms with E-state index in [1.54, 1.807) is 16.8 Å². The number of nitrogens with zero attached hydrogens (tertiary/aromatic N) is 3. The molecule has 0 bridgehead atoms. The zero-order valence-corrected chi connectivity index (χ0v) is 17.6. The first-order valence-electron chi connectivity index (χ1n) is 9.34. The maximum atomic E-state index is 12.9. The minimum absolute atomic E-state index is 0.0262. The van der Waals surface area contributed by atoms with Gasteiger partial charge < -0.3 is 9.88 Å². The highest BCUT2D eigenvalue weighted by molar-refractivity contribution is 7.89. The van der Waals surface area contributed by atoms with Crippen LogP contribution in [0, 0.1) is 5.92 Å². The number of piperidine rings is 1. The summed E-state index contributed by atoms with van der Waals surface area (Å²) >= 11 is 6.12. The van der Waals surface area contributed by atoms with Crippen LogP contribution in [0.25, 0.3) is 0 Å². The summed E-state index contributed by atoms with van der Waals surface area (Å²) in [6.07, 6.45) is 4.35. The van der Waals surface area contributed by atoms with E-state index >= 15 is 0 Å². The Balaban J connectivity index is 1.65. The van der Waals surface area contributed by atoms with Crippen LogP contribution in [0.3, 0.4) is 0 Å². The SMILES string of the molecule is CC(C)n1cnc(S(=O)(=O)N2CCC[C@H](C(=O)NCc3ccccc3Cl)C2)c1. The molecule has 2 aromatic rings. The van der Waals surface area contributed by atoms with E-state index in [9.17, 15) is 13.2 Å². The monoisotopic (exact) mass is 424 g/mol. The maximum Gasteiger partial charge on any atom is 0.262 e. The molecule has 1 aliphatic rings. The van der Waals surface area contributed by atoms with Crippen LogP contribution in [0.15, 0.2) is 41.8 Å². The van der Waals surface area contributed by atoms with E-state index in [0.717, 1.165) is 5.56 Å². The summed E-state index contributed by atoms with van der Waals surface area (Å²) in [5, 5.41) is 3.50. The lowest BCUT2D eigenvalue weighted by molar-refractivity contribution is -0.126. The molecule has 28 heavy (non-hydrogen) atoms. The van der Waals surface area contributed by atoms with Gasteiger partial charge in [0, 0.05) is 36.9 Å². The zero-order chi connectivity index (χ0) is 20.3. The van der Waals surface area contributed by atoms with Gasteiger partial charge in [-0.05, 0) is 38.3 Å². The van der Waals surface area contributed by atoms with Crippen LogP contribution in [-0.2, 0) is 21.4 Å². The van der Waals surface area contributed by atoms with Crippen molar-refractivity contribution in [2.75, 3.05) is 13.1 Å². The van der Waals surface area contributed by atoms with Gasteiger partial charge in [-0.15, -0.1) is 0 Å². The second-order valence-electron chi connectivity index (χ2n) is 7.26. The molecule has 1 aliphatic heterocycles. The molecule has 9 heteroatoms. The molecule has 152 valence electrons. The third-order valence-electron chi connectivity index (χ3n) is 4.94. The highest BCUT2D eigenvalue weighted by Gasteiger charge is 2.34. The van der Waals surface area contributed by atoms with Gasteiger partial charge in [0.05, 0.1) is 12.2 Å². The molecule has 3 rings (SSSR count). The molecular weight excluding hydrogens is 400 g/mol. The Bertz CT molecular complexity index is 942. The van der Waals surface area contributed by atoms with Gasteiger partial charge in [0.2, 0.25) is 5.91 Å². The minimum atomic E-state index is -3.71. The van der Waals surface area contributed by atoms with Gasteiger partial charge in [0.25, 0.3) is 10.0 Å². The smallest absolute Gasteiger partial charge is 0.262 e. The van der Waals surface area contributed by atoms with Crippen molar-refractivity contribution >= 4 is 27.5 Å². The molecule has 1 aromatic heterocycles. The van der Waals surface area contributed by atoms with E-state index in [1.165, 1.54) is 10.6 Å². The molecule has 2 heterocycles. The lowest BCUT2D eigenvalue weighted by Crippen LogP contribution is -2.45. The third kappa shape index (κ3) is 4.56. The Hall–Kier alpha value is -1.90. The van der Waals surface area contributed by atoms with Crippen molar-refractivity contribution in [3.63, 3.8) is 0 Å². The van der Waals surface area contributed by atoms with Crippen LogP contribution in [-0.4, -0.2) is 41.3 Å². The summed E-state index contributed by atoms with van der Waals surface area (Å²) in [5.74, 6) is -0.550. The first-order chi connectivity index (χ1) is 13.3. The summed E-state index contributed by atoms with van der Waals surface area (Å²) in [6, 6.07) is 7.44. The molecule has 0 radical (unpaired) electrons. The molecule has 1 aromatic carbocycles. The first-order valence-corrected chi connectivity index (χ1v) is 11.2. The van der Waals surface area contributed by atoms with Gasteiger partial charge in [-0.3, -0.25) is 4.79 Å². The highest BCUT2D eigenvalue weighted by Crippen LogP contribution is 2.24. The summed E-state index contributed by atoms with van der Waals surface area (Å²) in [7, 11) is -3.71. The van der Waals surface area contributed by atoms with E-state index < -0.39 is 15.9 Å². The number of benzene rings is 1. The Labute approximate surface area is 170 Å². The molecule has 0 spiro atoms. The number of aromatic nitrogens is 2. The maximum absolute atomic E-state index is 12.9. The molecule has 0 unspecified atom stereocenters. The Morgan fingerprint density at radius 2 is 2.11 bits per heavy atom. The van der Waals surface area contributed by atoms with Crippen molar-refractivity contribution in [3.8, 4) is 0 Å². The normalized spacial score (nSPS) is 18.4. The Morgan fingerprint density at radius 3 is 2.79 bits per heavy atom. The van der Waals surface area contributed by atoms with Crippen LogP contribution in [0.1, 0.15) is 38.3 Å². The van der Waals surface area contributed by atoms with Gasteiger partial charge in [0.15, 0.2) is 5.03 Å². The van der Waals surface area contributed by atoms with E-state index in [0.29, 0.717) is 31.0 Å². The molecule has 1 atom stereocenters. The molecular formula is C19H25ClN4O3S. The van der Waals surface area contributed by atoms with E-state index in [-0.39, 0.29) is 23.5 Å². The second-order valence-corrected chi connectivity index (χ2v) is 9.56. The standard InChI is InChI=1S/C19H25ClN4O3S/c1-14(2)23-12-18(22-13-23)28(26,27)24-9-5-7-16(11-24)19(25)21-10-15-6-3-4-8-17(15)20/h3-4,6,8,12-14,16H,5,7,9-11H2,1-2H3,(H,21,25)/t16-/m0/s1. The topological polar surface area (TPSA) is 84.3 Å². The van der Waals surface area contributed by atoms with Crippen molar-refractivity contribution in [2.24, 2.45) is 5.92 Å². The highest BCUT2D eigenvalue weighted by atomic mass is 35.5. The predicted octanol–water partition coefficient (Wildman–Crippen LogP) is 2.83. The molecule has 1 fully saturated rings. The summed E-state index contributed by atoms with van der Waals surface area (Å²) in [5.41, 5.74) is 0.831. The molecule has 0 saturated carbocycles. The summed E-state index contributed by atoms with van der Waals surface area (Å²) in [6.45, 7) is 4.79. The van der Waals surface area contributed by atoms with Gasteiger partial charge in [-0.1, -0.05) is 29.8 Å². The van der Waals surface area contributed by atoms with Crippen molar-refractivity contribution < 1.29 is 13.2 Å². The lowest BCUT2D eigenvalue weighted by atomic mass is 9.99. The number of rotatable bonds is 6. The number of nitrogens with one attached hydrogen (secondary N) is 1. The van der Waals surface area contributed by atoms with Crippen molar-refractivity contribution in [1.82, 2.24) is 19.2 Å². The number of carbonyl (C=O) groups excluding carboxylic acids is 1. The van der Waals surface area contributed by atoms with Crippen LogP contribution < -0.4 is 5.32 Å². The fourth-order valence-corrected chi connectivity index (χ4v) is 4.86. The Morgan fingerprint density at radius 1 is 1.36 bits per heavy atom. The number of imidazole rings is 1. The fourth-order valence-electron chi connectivity index (χ4n) is 3.21. The molecule has 1 saturated heterocycles. The van der Waals surface area contributed by atoms with E-state index in [2.05, 4.69) is 10.3 Å². The number of carbonyl (C=O) groups is 1. The molecule has 1 N–H and O–H groups in total. The lowest BCUT2D eigenvalue weighted by Gasteiger charge is -2.30. The van der Waals surface area contributed by atoms with Crippen molar-refractivity contribution in [3.05, 3.63) is 47.4 Å². The predicted molar refractivity (Wildman–Crippen MR) is 107 cm³/mol.